The molecule has 0 spiro atoms. The number of carbonyl (C=O) groups excluding carboxylic acids is 1. The lowest BCUT2D eigenvalue weighted by Crippen LogP contribution is -3.12. The zero-order chi connectivity index (χ0) is 21.7. The van der Waals surface area contributed by atoms with Crippen LogP contribution >= 0.6 is 11.6 Å². The van der Waals surface area contributed by atoms with Gasteiger partial charge in [-0.15, -0.1) is 0 Å². The predicted molar refractivity (Wildman–Crippen MR) is 115 cm³/mol. The van der Waals surface area contributed by atoms with Crippen molar-refractivity contribution in [2.75, 3.05) is 0 Å². The second-order valence-corrected chi connectivity index (χ2v) is 9.55. The highest BCUT2D eigenvalue weighted by Gasteiger charge is 2.68. The van der Waals surface area contributed by atoms with Crippen LogP contribution in [0.4, 0.5) is 0 Å². The smallest absolute Gasteiger partial charge is 0.212 e. The lowest BCUT2D eigenvalue weighted by atomic mass is 9.66. The monoisotopic (exact) mass is 416 g/mol. The summed E-state index contributed by atoms with van der Waals surface area (Å²) >= 11 is 6.28. The first-order valence-electron chi connectivity index (χ1n) is 10.0. The maximum atomic E-state index is 13.7. The summed E-state index contributed by atoms with van der Waals surface area (Å²) in [6.07, 6.45) is 3.94. The molecule has 30 heavy (non-hydrogen) atoms. The molecule has 2 aliphatic rings. The molecule has 4 atom stereocenters. The third kappa shape index (κ3) is 2.88. The molecule has 4 nitrogen and oxygen atoms in total. The third-order valence-electron chi connectivity index (χ3n) is 6.33. The van der Waals surface area contributed by atoms with E-state index in [2.05, 4.69) is 12.1 Å². The summed E-state index contributed by atoms with van der Waals surface area (Å²) in [4.78, 5) is 14.6. The lowest BCUT2D eigenvalue weighted by Gasteiger charge is -2.31. The summed E-state index contributed by atoms with van der Waals surface area (Å²) in [5.74, 6) is -0.572. The number of rotatable bonds is 2. The Morgan fingerprint density at radius 3 is 2.43 bits per heavy atom. The van der Waals surface area contributed by atoms with Crippen LogP contribution in [-0.2, 0) is 4.79 Å². The molecule has 2 aliphatic heterocycles. The van der Waals surface area contributed by atoms with Gasteiger partial charge in [-0.2, -0.15) is 10.5 Å². The number of quaternary nitrogens is 1. The summed E-state index contributed by atoms with van der Waals surface area (Å²) in [6, 6.07) is 18.7. The highest BCUT2D eigenvalue weighted by molar-refractivity contribution is 6.30. The lowest BCUT2D eigenvalue weighted by molar-refractivity contribution is -0.885. The Labute approximate surface area is 182 Å². The van der Waals surface area contributed by atoms with Gasteiger partial charge in [-0.1, -0.05) is 68.8 Å². The van der Waals surface area contributed by atoms with Crippen LogP contribution in [-0.4, -0.2) is 11.8 Å². The predicted octanol–water partition coefficient (Wildman–Crippen LogP) is 4.07. The minimum Gasteiger partial charge on any atom is -0.292 e. The molecule has 0 radical (unpaired) electrons. The van der Waals surface area contributed by atoms with Crippen LogP contribution in [0.25, 0.3) is 6.08 Å². The van der Waals surface area contributed by atoms with Crippen LogP contribution in [0.15, 0.2) is 54.7 Å². The molecule has 2 heterocycles. The number of nitriles is 2. The van der Waals surface area contributed by atoms with Gasteiger partial charge in [-0.3, -0.25) is 9.69 Å². The van der Waals surface area contributed by atoms with Crippen molar-refractivity contribution in [3.63, 3.8) is 0 Å². The van der Waals surface area contributed by atoms with Crippen molar-refractivity contribution in [2.24, 2.45) is 10.8 Å². The van der Waals surface area contributed by atoms with E-state index in [1.807, 2.05) is 69.4 Å². The van der Waals surface area contributed by atoms with E-state index in [9.17, 15) is 15.3 Å². The molecule has 5 heteroatoms. The minimum absolute atomic E-state index is 0.0314. The van der Waals surface area contributed by atoms with Crippen molar-refractivity contribution in [3.8, 4) is 12.1 Å². The average Bonchev–Trinajstić information content (AvgIpc) is 3.03. The number of hydrogen-bond acceptors (Lipinski definition) is 3. The van der Waals surface area contributed by atoms with Gasteiger partial charge in [0.05, 0.1) is 24.3 Å². The second-order valence-electron chi connectivity index (χ2n) is 9.11. The van der Waals surface area contributed by atoms with Crippen molar-refractivity contribution >= 4 is 23.5 Å². The second kappa shape index (κ2) is 7.10. The van der Waals surface area contributed by atoms with Gasteiger partial charge >= 0.3 is 0 Å². The fraction of sp³-hybridized carbons (Fsp3) is 0.320. The van der Waals surface area contributed by atoms with Crippen molar-refractivity contribution in [1.82, 2.24) is 0 Å². The topological polar surface area (TPSA) is 69.1 Å². The van der Waals surface area contributed by atoms with Gasteiger partial charge in [0, 0.05) is 16.0 Å². The molecule has 0 aromatic heterocycles. The van der Waals surface area contributed by atoms with Crippen molar-refractivity contribution in [2.45, 2.75) is 38.8 Å². The molecular weight excluding hydrogens is 394 g/mol. The number of carbonyl (C=O) groups is 1. The fourth-order valence-electron chi connectivity index (χ4n) is 5.03. The fourth-order valence-corrected chi connectivity index (χ4v) is 5.23. The number of ketones is 1. The first kappa shape index (κ1) is 20.4. The van der Waals surface area contributed by atoms with E-state index in [0.717, 1.165) is 21.6 Å². The molecule has 0 saturated carbocycles. The Hall–Kier alpha value is -2.92. The summed E-state index contributed by atoms with van der Waals surface area (Å²) < 4.78 is 0. The van der Waals surface area contributed by atoms with Crippen molar-refractivity contribution in [3.05, 3.63) is 76.4 Å². The van der Waals surface area contributed by atoms with Crippen LogP contribution in [0, 0.1) is 33.5 Å². The minimum atomic E-state index is -1.41. The van der Waals surface area contributed by atoms with Crippen LogP contribution in [0.2, 0.25) is 5.02 Å². The van der Waals surface area contributed by atoms with Gasteiger partial charge < -0.3 is 0 Å². The molecule has 1 saturated heterocycles. The highest BCUT2D eigenvalue weighted by atomic mass is 35.5. The first-order chi connectivity index (χ1) is 14.2. The molecule has 4 rings (SSSR count). The zero-order valence-electron chi connectivity index (χ0n) is 17.2. The summed E-state index contributed by atoms with van der Waals surface area (Å²) in [5, 5.41) is 21.4. The Bertz CT molecular complexity index is 1120. The quantitative estimate of drug-likeness (QED) is 0.802. The van der Waals surface area contributed by atoms with Gasteiger partial charge in [-0.05, 0) is 29.3 Å². The Morgan fingerprint density at radius 2 is 1.80 bits per heavy atom. The molecule has 0 amide bonds. The van der Waals surface area contributed by atoms with E-state index in [0.29, 0.717) is 5.02 Å². The number of nitrogens with zero attached hydrogens (tertiary/aromatic N) is 2. The molecule has 1 fully saturated rings. The molecule has 1 unspecified atom stereocenters. The standard InChI is InChI=1S/C25H22ClN3O/c1-24(2,3)23(30)21-20(17-8-6-9-18(26)13-17)25(14-27,15-28)22-19-10-5-4-7-16(19)11-12-29(21)22/h4-13,20-22H,1-3H3/p+1/t20-,21+,22-/m1/s1. The molecular formula is C25H23ClN3O+. The molecule has 2 aromatic rings. The van der Waals surface area contributed by atoms with E-state index in [1.165, 1.54) is 0 Å². The average molecular weight is 417 g/mol. The number of Topliss-reactive ketones (excluding diaryl/α,β-unsaturated/α-hetero) is 1. The van der Waals surface area contributed by atoms with E-state index in [1.54, 1.807) is 12.1 Å². The number of nitrogens with one attached hydrogen (secondary N) is 1. The van der Waals surface area contributed by atoms with E-state index in [-0.39, 0.29) is 5.78 Å². The number of benzene rings is 2. The largest absolute Gasteiger partial charge is 0.292 e. The zero-order valence-corrected chi connectivity index (χ0v) is 17.9. The van der Waals surface area contributed by atoms with Gasteiger partial charge in [0.25, 0.3) is 0 Å². The maximum Gasteiger partial charge on any atom is 0.212 e. The van der Waals surface area contributed by atoms with Gasteiger partial charge in [0.1, 0.15) is 0 Å². The number of fused-ring (bicyclic) bond motifs is 3. The normalized spacial score (nSPS) is 26.2. The SMILES string of the molecule is CC(C)(C)C(=O)[C@@H]1[C@@H](c2cccc(Cl)c2)C(C#N)(C#N)[C@H]2c3ccccc3C=C[NH+]12. The molecule has 0 aliphatic carbocycles. The van der Waals surface area contributed by atoms with E-state index >= 15 is 0 Å². The number of hydrogen-bond donors (Lipinski definition) is 1. The summed E-state index contributed by atoms with van der Waals surface area (Å²) in [7, 11) is 0. The van der Waals surface area contributed by atoms with Crippen LogP contribution in [0.1, 0.15) is 49.4 Å². The van der Waals surface area contributed by atoms with E-state index in [4.69, 9.17) is 11.6 Å². The Kier molecular flexibility index (Phi) is 4.82. The first-order valence-corrected chi connectivity index (χ1v) is 10.4. The van der Waals surface area contributed by atoms with Crippen molar-refractivity contribution < 1.29 is 9.69 Å². The molecule has 2 aromatic carbocycles. The van der Waals surface area contributed by atoms with Gasteiger partial charge in [-0.25, -0.2) is 0 Å². The number of halogens is 1. The third-order valence-corrected chi connectivity index (χ3v) is 6.57. The van der Waals surface area contributed by atoms with Gasteiger partial charge in [0.15, 0.2) is 17.9 Å². The highest BCUT2D eigenvalue weighted by Crippen LogP contribution is 2.52. The van der Waals surface area contributed by atoms with Crippen LogP contribution < -0.4 is 4.90 Å². The summed E-state index contributed by atoms with van der Waals surface area (Å²) in [5.41, 5.74) is 0.627. The van der Waals surface area contributed by atoms with Crippen molar-refractivity contribution in [1.29, 1.82) is 10.5 Å². The summed E-state index contributed by atoms with van der Waals surface area (Å²) in [6.45, 7) is 5.66. The Balaban J connectivity index is 2.03. The maximum absolute atomic E-state index is 13.7. The molecule has 150 valence electrons. The van der Waals surface area contributed by atoms with E-state index < -0.39 is 28.8 Å². The molecule has 0 bridgehead atoms. The Morgan fingerprint density at radius 1 is 1.10 bits per heavy atom. The van der Waals surface area contributed by atoms with Crippen LogP contribution in [0.3, 0.4) is 0 Å². The van der Waals surface area contributed by atoms with Crippen LogP contribution in [0.5, 0.6) is 0 Å². The molecule has 1 N–H and O–H groups in total. The van der Waals surface area contributed by atoms with Gasteiger partial charge in [0.2, 0.25) is 5.41 Å².